The van der Waals surface area contributed by atoms with Gasteiger partial charge in [0.1, 0.15) is 0 Å². The van der Waals surface area contributed by atoms with Crippen molar-refractivity contribution in [1.29, 1.82) is 0 Å². The van der Waals surface area contributed by atoms with Gasteiger partial charge in [-0.1, -0.05) is 31.5 Å². The SMILES string of the molecule is CCCCN(CCC(C)(CO)NC)c1ccccc1. The van der Waals surface area contributed by atoms with Gasteiger partial charge in [-0.3, -0.25) is 0 Å². The zero-order valence-electron chi connectivity index (χ0n) is 12.5. The van der Waals surface area contributed by atoms with Crippen LogP contribution in [0.25, 0.3) is 0 Å². The fraction of sp³-hybridized carbons (Fsp3) is 0.625. The molecule has 0 saturated heterocycles. The van der Waals surface area contributed by atoms with Gasteiger partial charge in [-0.05, 0) is 38.9 Å². The Bertz CT molecular complexity index is 336. The van der Waals surface area contributed by atoms with E-state index in [0.717, 1.165) is 19.5 Å². The van der Waals surface area contributed by atoms with E-state index in [0.29, 0.717) is 0 Å². The van der Waals surface area contributed by atoms with Crippen LogP contribution in [-0.4, -0.2) is 37.4 Å². The number of likely N-dealkylation sites (N-methyl/N-ethyl adjacent to an activating group) is 1. The summed E-state index contributed by atoms with van der Waals surface area (Å²) in [7, 11) is 1.91. The molecule has 0 aromatic heterocycles. The fourth-order valence-corrected chi connectivity index (χ4v) is 2.02. The molecule has 2 N–H and O–H groups in total. The molecule has 0 spiro atoms. The lowest BCUT2D eigenvalue weighted by Gasteiger charge is -2.32. The van der Waals surface area contributed by atoms with Gasteiger partial charge in [0.05, 0.1) is 6.61 Å². The molecular weight excluding hydrogens is 236 g/mol. The highest BCUT2D eigenvalue weighted by atomic mass is 16.3. The minimum Gasteiger partial charge on any atom is -0.394 e. The lowest BCUT2D eigenvalue weighted by Crippen LogP contribution is -2.46. The average molecular weight is 264 g/mol. The van der Waals surface area contributed by atoms with Gasteiger partial charge in [0.2, 0.25) is 0 Å². The van der Waals surface area contributed by atoms with Crippen LogP contribution in [0.5, 0.6) is 0 Å². The second-order valence-electron chi connectivity index (χ2n) is 5.39. The third kappa shape index (κ3) is 5.21. The number of nitrogens with zero attached hydrogens (tertiary/aromatic N) is 1. The lowest BCUT2D eigenvalue weighted by atomic mass is 9.99. The Morgan fingerprint density at radius 2 is 1.89 bits per heavy atom. The van der Waals surface area contributed by atoms with Crippen molar-refractivity contribution < 1.29 is 5.11 Å². The van der Waals surface area contributed by atoms with Crippen LogP contribution in [0, 0.1) is 0 Å². The van der Waals surface area contributed by atoms with Crippen molar-refractivity contribution in [2.45, 2.75) is 38.6 Å². The minimum absolute atomic E-state index is 0.167. The molecule has 0 saturated carbocycles. The molecule has 1 aromatic rings. The van der Waals surface area contributed by atoms with E-state index in [2.05, 4.69) is 48.3 Å². The molecule has 0 aliphatic heterocycles. The van der Waals surface area contributed by atoms with Gasteiger partial charge in [-0.2, -0.15) is 0 Å². The molecule has 1 rings (SSSR count). The number of aliphatic hydroxyl groups is 1. The Morgan fingerprint density at radius 3 is 2.42 bits per heavy atom. The molecule has 1 atom stereocenters. The van der Waals surface area contributed by atoms with Crippen LogP contribution in [0.15, 0.2) is 30.3 Å². The summed E-state index contributed by atoms with van der Waals surface area (Å²) < 4.78 is 0. The fourth-order valence-electron chi connectivity index (χ4n) is 2.02. The maximum atomic E-state index is 9.46. The number of nitrogens with one attached hydrogen (secondary N) is 1. The molecule has 0 bridgehead atoms. The maximum absolute atomic E-state index is 9.46. The zero-order chi connectivity index (χ0) is 14.1. The highest BCUT2D eigenvalue weighted by Crippen LogP contribution is 2.17. The molecule has 1 unspecified atom stereocenters. The first-order valence-electron chi connectivity index (χ1n) is 7.25. The number of anilines is 1. The van der Waals surface area contributed by atoms with Crippen LogP contribution in [0.4, 0.5) is 5.69 Å². The van der Waals surface area contributed by atoms with Gasteiger partial charge in [0.15, 0.2) is 0 Å². The second kappa shape index (κ2) is 8.18. The number of hydrogen-bond donors (Lipinski definition) is 2. The van der Waals surface area contributed by atoms with Crippen molar-refractivity contribution in [3.63, 3.8) is 0 Å². The standard InChI is InChI=1S/C16H28N2O/c1-4-5-12-18(15-9-7-6-8-10-15)13-11-16(2,14-19)17-3/h6-10,17,19H,4-5,11-14H2,1-3H3. The smallest absolute Gasteiger partial charge is 0.0611 e. The van der Waals surface area contributed by atoms with E-state index >= 15 is 0 Å². The second-order valence-corrected chi connectivity index (χ2v) is 5.39. The number of aliphatic hydroxyl groups excluding tert-OH is 1. The Kier molecular flexibility index (Phi) is 6.89. The summed E-state index contributed by atoms with van der Waals surface area (Å²) in [5.74, 6) is 0. The van der Waals surface area contributed by atoms with E-state index in [1.807, 2.05) is 13.1 Å². The highest BCUT2D eigenvalue weighted by molar-refractivity contribution is 5.45. The molecule has 19 heavy (non-hydrogen) atoms. The third-order valence-electron chi connectivity index (χ3n) is 3.79. The number of para-hydroxylation sites is 1. The van der Waals surface area contributed by atoms with Gasteiger partial charge in [-0.25, -0.2) is 0 Å². The lowest BCUT2D eigenvalue weighted by molar-refractivity contribution is 0.175. The topological polar surface area (TPSA) is 35.5 Å². The van der Waals surface area contributed by atoms with E-state index in [1.165, 1.54) is 18.5 Å². The Balaban J connectivity index is 2.65. The molecule has 0 fully saturated rings. The van der Waals surface area contributed by atoms with Crippen LogP contribution in [0.2, 0.25) is 0 Å². The predicted octanol–water partition coefficient (Wildman–Crippen LogP) is 2.65. The van der Waals surface area contributed by atoms with Crippen molar-refractivity contribution in [1.82, 2.24) is 5.32 Å². The molecule has 0 aliphatic carbocycles. The number of hydrogen-bond acceptors (Lipinski definition) is 3. The molecule has 1 aromatic carbocycles. The molecular formula is C16H28N2O. The molecule has 3 heteroatoms. The summed E-state index contributed by atoms with van der Waals surface area (Å²) in [6, 6.07) is 10.5. The summed E-state index contributed by atoms with van der Waals surface area (Å²) in [5.41, 5.74) is 1.08. The van der Waals surface area contributed by atoms with Crippen molar-refractivity contribution in [2.24, 2.45) is 0 Å². The number of benzene rings is 1. The molecule has 108 valence electrons. The first kappa shape index (κ1) is 16.0. The van der Waals surface area contributed by atoms with Crippen LogP contribution < -0.4 is 10.2 Å². The van der Waals surface area contributed by atoms with Crippen LogP contribution in [0.3, 0.4) is 0 Å². The van der Waals surface area contributed by atoms with Crippen LogP contribution in [-0.2, 0) is 0 Å². The van der Waals surface area contributed by atoms with Gasteiger partial charge in [-0.15, -0.1) is 0 Å². The summed E-state index contributed by atoms with van der Waals surface area (Å²) in [5, 5.41) is 12.7. The van der Waals surface area contributed by atoms with Gasteiger partial charge < -0.3 is 15.3 Å². The Hall–Kier alpha value is -1.06. The number of unbranched alkanes of at least 4 members (excludes halogenated alkanes) is 1. The average Bonchev–Trinajstić information content (AvgIpc) is 2.48. The van der Waals surface area contributed by atoms with E-state index in [9.17, 15) is 5.11 Å². The van der Waals surface area contributed by atoms with E-state index in [1.54, 1.807) is 0 Å². The number of rotatable bonds is 9. The van der Waals surface area contributed by atoms with E-state index in [4.69, 9.17) is 0 Å². The van der Waals surface area contributed by atoms with Crippen LogP contribution in [0.1, 0.15) is 33.1 Å². The van der Waals surface area contributed by atoms with Crippen molar-refractivity contribution in [3.05, 3.63) is 30.3 Å². The van der Waals surface area contributed by atoms with Crippen molar-refractivity contribution in [3.8, 4) is 0 Å². The van der Waals surface area contributed by atoms with Crippen molar-refractivity contribution >= 4 is 5.69 Å². The Morgan fingerprint density at radius 1 is 1.21 bits per heavy atom. The summed E-state index contributed by atoms with van der Waals surface area (Å²) in [6.07, 6.45) is 3.33. The van der Waals surface area contributed by atoms with E-state index in [-0.39, 0.29) is 12.1 Å². The molecule has 0 heterocycles. The summed E-state index contributed by atoms with van der Waals surface area (Å²) >= 11 is 0. The highest BCUT2D eigenvalue weighted by Gasteiger charge is 2.21. The first-order valence-corrected chi connectivity index (χ1v) is 7.25. The minimum atomic E-state index is -0.195. The van der Waals surface area contributed by atoms with Gasteiger partial charge in [0.25, 0.3) is 0 Å². The first-order chi connectivity index (χ1) is 9.15. The largest absolute Gasteiger partial charge is 0.394 e. The Labute approximate surface area is 117 Å². The third-order valence-corrected chi connectivity index (χ3v) is 3.79. The zero-order valence-corrected chi connectivity index (χ0v) is 12.5. The monoisotopic (exact) mass is 264 g/mol. The van der Waals surface area contributed by atoms with Crippen LogP contribution >= 0.6 is 0 Å². The molecule has 0 amide bonds. The summed E-state index contributed by atoms with van der Waals surface area (Å²) in [6.45, 7) is 6.48. The molecule has 3 nitrogen and oxygen atoms in total. The van der Waals surface area contributed by atoms with Gasteiger partial charge in [0, 0.05) is 24.3 Å². The normalized spacial score (nSPS) is 14.1. The summed E-state index contributed by atoms with van der Waals surface area (Å²) in [4.78, 5) is 2.41. The maximum Gasteiger partial charge on any atom is 0.0611 e. The predicted molar refractivity (Wildman–Crippen MR) is 82.7 cm³/mol. The van der Waals surface area contributed by atoms with E-state index < -0.39 is 0 Å². The molecule has 0 aliphatic rings. The quantitative estimate of drug-likeness (QED) is 0.720. The molecule has 0 radical (unpaired) electrons. The van der Waals surface area contributed by atoms with Gasteiger partial charge >= 0.3 is 0 Å². The van der Waals surface area contributed by atoms with Crippen molar-refractivity contribution in [2.75, 3.05) is 31.6 Å².